The quantitative estimate of drug-likeness (QED) is 0.501. The van der Waals surface area contributed by atoms with Crippen LogP contribution in [0.3, 0.4) is 0 Å². The van der Waals surface area contributed by atoms with Crippen LogP contribution in [0.25, 0.3) is 10.9 Å². The van der Waals surface area contributed by atoms with Gasteiger partial charge in [-0.05, 0) is 18.9 Å². The first-order valence-electron chi connectivity index (χ1n) is 6.22. The molecule has 1 aromatic heterocycles. The van der Waals surface area contributed by atoms with Gasteiger partial charge in [-0.15, -0.1) is 16.7 Å². The number of para-hydroxylation sites is 1. The Hall–Kier alpha value is -2.08. The van der Waals surface area contributed by atoms with Crippen LogP contribution in [0.4, 0.5) is 10.5 Å². The third kappa shape index (κ3) is 2.91. The van der Waals surface area contributed by atoms with E-state index in [-0.39, 0.29) is 11.6 Å². The fourth-order valence-corrected chi connectivity index (χ4v) is 2.25. The van der Waals surface area contributed by atoms with Crippen molar-refractivity contribution < 1.29 is 9.90 Å². The largest absolute Gasteiger partial charge is 0.493 e. The molecule has 0 spiro atoms. The number of alkyl halides is 1. The molecule has 1 aromatic carbocycles. The lowest BCUT2D eigenvalue weighted by Crippen LogP contribution is -2.01. The van der Waals surface area contributed by atoms with E-state index in [9.17, 15) is 9.90 Å². The number of carbonyl (C=O) groups excluding carboxylic acids is 1. The van der Waals surface area contributed by atoms with Crippen molar-refractivity contribution in [2.75, 3.05) is 5.88 Å². The monoisotopic (exact) mass is 294 g/mol. The molecule has 0 aliphatic rings. The molecule has 3 N–H and O–H groups in total. The van der Waals surface area contributed by atoms with E-state index in [1.807, 2.05) is 24.3 Å². The first kappa shape index (κ1) is 14.3. The fraction of sp³-hybridized carbons (Fsp3) is 0.308. The highest BCUT2D eigenvalue weighted by atomic mass is 35.5. The van der Waals surface area contributed by atoms with Crippen LogP contribution in [0, 0.1) is 0 Å². The summed E-state index contributed by atoms with van der Waals surface area (Å²) in [4.78, 5) is 10.7. The molecule has 106 valence electrons. The number of azo groups is 1. The molecule has 0 radical (unpaired) electrons. The molecule has 6 nitrogen and oxygen atoms in total. The van der Waals surface area contributed by atoms with Crippen molar-refractivity contribution in [2.24, 2.45) is 16.0 Å². The molecule has 2 rings (SSSR count). The number of primary amides is 1. The number of rotatable bonds is 5. The summed E-state index contributed by atoms with van der Waals surface area (Å²) >= 11 is 5.66. The van der Waals surface area contributed by atoms with Crippen LogP contribution in [0.2, 0.25) is 0 Å². The zero-order valence-electron chi connectivity index (χ0n) is 10.8. The van der Waals surface area contributed by atoms with Crippen LogP contribution in [0.5, 0.6) is 5.88 Å². The van der Waals surface area contributed by atoms with E-state index < -0.39 is 6.03 Å². The molecule has 0 aliphatic heterocycles. The second kappa shape index (κ2) is 6.38. The van der Waals surface area contributed by atoms with Gasteiger partial charge in [0.15, 0.2) is 5.69 Å². The van der Waals surface area contributed by atoms with Crippen molar-refractivity contribution in [3.05, 3.63) is 24.3 Å². The number of aromatic nitrogens is 1. The summed E-state index contributed by atoms with van der Waals surface area (Å²) in [5.74, 6) is 0.555. The van der Waals surface area contributed by atoms with Gasteiger partial charge in [-0.25, -0.2) is 4.79 Å². The molecular weight excluding hydrogens is 280 g/mol. The van der Waals surface area contributed by atoms with E-state index in [1.165, 1.54) is 0 Å². The summed E-state index contributed by atoms with van der Waals surface area (Å²) in [6.45, 7) is 0.616. The maximum absolute atomic E-state index is 10.7. The predicted molar refractivity (Wildman–Crippen MR) is 77.7 cm³/mol. The Labute approximate surface area is 120 Å². The molecule has 0 unspecified atom stereocenters. The minimum atomic E-state index is -0.900. The molecule has 0 aliphatic carbocycles. The van der Waals surface area contributed by atoms with Crippen molar-refractivity contribution in [3.8, 4) is 5.88 Å². The smallest absolute Gasteiger partial charge is 0.356 e. The number of aromatic hydroxyl groups is 1. The molecule has 0 saturated heterocycles. The summed E-state index contributed by atoms with van der Waals surface area (Å²) in [6, 6.07) is 6.48. The number of urea groups is 1. The van der Waals surface area contributed by atoms with E-state index in [0.29, 0.717) is 12.4 Å². The summed E-state index contributed by atoms with van der Waals surface area (Å²) in [5.41, 5.74) is 6.02. The average Bonchev–Trinajstić information content (AvgIpc) is 2.70. The lowest BCUT2D eigenvalue weighted by Gasteiger charge is -2.05. The third-order valence-electron chi connectivity index (χ3n) is 2.93. The Morgan fingerprint density at radius 3 is 2.80 bits per heavy atom. The van der Waals surface area contributed by atoms with Gasteiger partial charge in [0, 0.05) is 17.8 Å². The number of hydrogen-bond acceptors (Lipinski definition) is 3. The van der Waals surface area contributed by atoms with Gasteiger partial charge in [-0.1, -0.05) is 23.3 Å². The number of carbonyl (C=O) groups is 1. The van der Waals surface area contributed by atoms with E-state index >= 15 is 0 Å². The Balaban J connectivity index is 2.46. The van der Waals surface area contributed by atoms with Gasteiger partial charge < -0.3 is 15.4 Å². The van der Waals surface area contributed by atoms with Gasteiger partial charge in [0.1, 0.15) is 0 Å². The number of amides is 2. The van der Waals surface area contributed by atoms with Crippen LogP contribution in [-0.2, 0) is 6.54 Å². The predicted octanol–water partition coefficient (Wildman–Crippen LogP) is 3.53. The van der Waals surface area contributed by atoms with E-state index in [0.717, 1.165) is 23.7 Å². The highest BCUT2D eigenvalue weighted by molar-refractivity contribution is 6.17. The minimum Gasteiger partial charge on any atom is -0.493 e. The molecule has 0 saturated carbocycles. The number of nitrogens with two attached hydrogens (primary N) is 1. The number of halogens is 1. The van der Waals surface area contributed by atoms with Crippen LogP contribution < -0.4 is 5.73 Å². The van der Waals surface area contributed by atoms with Crippen molar-refractivity contribution in [2.45, 2.75) is 19.4 Å². The van der Waals surface area contributed by atoms with Gasteiger partial charge in [0.25, 0.3) is 0 Å². The molecule has 0 bridgehead atoms. The second-order valence-corrected chi connectivity index (χ2v) is 4.65. The number of fused-ring (bicyclic) bond motifs is 1. The Bertz CT molecular complexity index is 651. The Morgan fingerprint density at radius 2 is 2.10 bits per heavy atom. The van der Waals surface area contributed by atoms with Crippen LogP contribution in [0.15, 0.2) is 34.5 Å². The normalized spacial score (nSPS) is 11.4. The van der Waals surface area contributed by atoms with Crippen LogP contribution in [-0.4, -0.2) is 21.6 Å². The maximum Gasteiger partial charge on any atom is 0.356 e. The molecule has 7 heteroatoms. The number of aryl methyl sites for hydroxylation is 1. The van der Waals surface area contributed by atoms with E-state index in [1.54, 1.807) is 4.57 Å². The topological polar surface area (TPSA) is 93.0 Å². The van der Waals surface area contributed by atoms with Gasteiger partial charge in [-0.3, -0.25) is 0 Å². The standard InChI is InChI=1S/C13H15ClN4O2/c14-7-3-4-8-18-10-6-2-1-5-9(10)11(12(18)19)16-17-13(15)20/h1-2,5-6,19H,3-4,7-8H2,(H2,15,20). The lowest BCUT2D eigenvalue weighted by molar-refractivity contribution is 0.255. The zero-order valence-corrected chi connectivity index (χ0v) is 11.5. The van der Waals surface area contributed by atoms with Crippen molar-refractivity contribution in [3.63, 3.8) is 0 Å². The molecular formula is C13H15ClN4O2. The van der Waals surface area contributed by atoms with E-state index in [4.69, 9.17) is 17.3 Å². The highest BCUT2D eigenvalue weighted by Gasteiger charge is 2.16. The number of hydrogen-bond donors (Lipinski definition) is 2. The number of nitrogens with zero attached hydrogens (tertiary/aromatic N) is 3. The van der Waals surface area contributed by atoms with Gasteiger partial charge in [-0.2, -0.15) is 0 Å². The molecule has 2 amide bonds. The Kier molecular flexibility index (Phi) is 4.57. The second-order valence-electron chi connectivity index (χ2n) is 4.28. The molecule has 2 aromatic rings. The van der Waals surface area contributed by atoms with Gasteiger partial charge in [0.05, 0.1) is 5.52 Å². The summed E-state index contributed by atoms with van der Waals surface area (Å²) < 4.78 is 1.73. The van der Waals surface area contributed by atoms with E-state index in [2.05, 4.69) is 10.2 Å². The summed E-state index contributed by atoms with van der Waals surface area (Å²) in [6.07, 6.45) is 1.69. The Morgan fingerprint density at radius 1 is 1.35 bits per heavy atom. The van der Waals surface area contributed by atoms with Gasteiger partial charge in [0.2, 0.25) is 5.88 Å². The minimum absolute atomic E-state index is 0.0224. The SMILES string of the molecule is NC(=O)N=Nc1c(O)n(CCCCCl)c2ccccc12. The first-order chi connectivity index (χ1) is 9.65. The van der Waals surface area contributed by atoms with Crippen LogP contribution in [0.1, 0.15) is 12.8 Å². The summed E-state index contributed by atoms with van der Waals surface area (Å²) in [5, 5.41) is 18.0. The highest BCUT2D eigenvalue weighted by Crippen LogP contribution is 2.38. The third-order valence-corrected chi connectivity index (χ3v) is 3.20. The molecule has 20 heavy (non-hydrogen) atoms. The summed E-state index contributed by atoms with van der Waals surface area (Å²) in [7, 11) is 0. The average molecular weight is 295 g/mol. The van der Waals surface area contributed by atoms with Crippen LogP contribution >= 0.6 is 11.6 Å². The zero-order chi connectivity index (χ0) is 14.5. The molecule has 0 fully saturated rings. The lowest BCUT2D eigenvalue weighted by atomic mass is 10.2. The van der Waals surface area contributed by atoms with Crippen molar-refractivity contribution >= 4 is 34.2 Å². The van der Waals surface area contributed by atoms with Crippen molar-refractivity contribution in [1.82, 2.24) is 4.57 Å². The fourth-order valence-electron chi connectivity index (χ4n) is 2.06. The molecule has 0 atom stereocenters. The van der Waals surface area contributed by atoms with Gasteiger partial charge >= 0.3 is 6.03 Å². The molecule has 1 heterocycles. The number of unbranched alkanes of at least 4 members (excludes halogenated alkanes) is 1. The van der Waals surface area contributed by atoms with Crippen molar-refractivity contribution in [1.29, 1.82) is 0 Å². The first-order valence-corrected chi connectivity index (χ1v) is 6.76. The number of benzene rings is 1. The maximum atomic E-state index is 10.7.